The maximum absolute atomic E-state index is 11.9. The highest BCUT2D eigenvalue weighted by Crippen LogP contribution is 2.22. The van der Waals surface area contributed by atoms with Crippen molar-refractivity contribution in [1.82, 2.24) is 4.72 Å². The van der Waals surface area contributed by atoms with Crippen LogP contribution >= 0.6 is 23.1 Å². The predicted molar refractivity (Wildman–Crippen MR) is 78.4 cm³/mol. The summed E-state index contributed by atoms with van der Waals surface area (Å²) in [7, 11) is -3.51. The van der Waals surface area contributed by atoms with Crippen LogP contribution in [0, 0.1) is 0 Å². The predicted octanol–water partition coefficient (Wildman–Crippen LogP) is 1.80. The first-order chi connectivity index (χ1) is 8.85. The van der Waals surface area contributed by atoms with E-state index in [9.17, 15) is 13.2 Å². The summed E-state index contributed by atoms with van der Waals surface area (Å²) in [6.07, 6.45) is 2.59. The van der Waals surface area contributed by atoms with Crippen LogP contribution in [0.15, 0.2) is 16.3 Å². The molecular weight excluding hydrogens is 306 g/mol. The molecule has 19 heavy (non-hydrogen) atoms. The second-order valence-electron chi connectivity index (χ2n) is 4.02. The van der Waals surface area contributed by atoms with Crippen LogP contribution in [0.25, 0.3) is 0 Å². The number of sulfonamides is 1. The second-order valence-corrected chi connectivity index (χ2v) is 8.46. The summed E-state index contributed by atoms with van der Waals surface area (Å²) in [5.41, 5.74) is 0. The van der Waals surface area contributed by atoms with Crippen molar-refractivity contribution in [3.8, 4) is 0 Å². The number of thiophene rings is 1. The average molecular weight is 323 g/mol. The first kappa shape index (κ1) is 16.5. The molecule has 0 radical (unpaired) electrons. The number of hydrogen-bond donors (Lipinski definition) is 2. The molecule has 2 N–H and O–H groups in total. The zero-order chi connectivity index (χ0) is 14.5. The van der Waals surface area contributed by atoms with Gasteiger partial charge < -0.3 is 5.11 Å². The maximum atomic E-state index is 11.9. The van der Waals surface area contributed by atoms with Gasteiger partial charge in [0.15, 0.2) is 0 Å². The number of carboxylic acids is 1. The van der Waals surface area contributed by atoms with E-state index in [0.29, 0.717) is 16.7 Å². The number of carbonyl (C=O) groups is 1. The van der Waals surface area contributed by atoms with Crippen LogP contribution in [-0.4, -0.2) is 37.5 Å². The molecule has 1 aromatic rings. The third kappa shape index (κ3) is 5.52. The Morgan fingerprint density at radius 3 is 2.79 bits per heavy atom. The van der Waals surface area contributed by atoms with E-state index in [1.165, 1.54) is 12.1 Å². The molecule has 0 saturated carbocycles. The first-order valence-electron chi connectivity index (χ1n) is 5.68. The average Bonchev–Trinajstić information content (AvgIpc) is 2.76. The highest BCUT2D eigenvalue weighted by molar-refractivity contribution is 7.99. The summed E-state index contributed by atoms with van der Waals surface area (Å²) in [5.74, 6) is -0.965. The molecule has 0 spiro atoms. The quantitative estimate of drug-likeness (QED) is 0.762. The summed E-state index contributed by atoms with van der Waals surface area (Å²) in [6.45, 7) is 2.42. The molecule has 1 atom stereocenters. The minimum atomic E-state index is -3.51. The van der Waals surface area contributed by atoms with E-state index in [4.69, 9.17) is 5.11 Å². The van der Waals surface area contributed by atoms with Gasteiger partial charge in [0.05, 0.1) is 6.42 Å². The van der Waals surface area contributed by atoms with Crippen LogP contribution in [0.4, 0.5) is 0 Å². The molecule has 108 valence electrons. The Balaban J connectivity index is 2.62. The Labute approximate surface area is 121 Å². The van der Waals surface area contributed by atoms with Crippen LogP contribution in [-0.2, 0) is 21.2 Å². The van der Waals surface area contributed by atoms with Crippen LogP contribution < -0.4 is 4.72 Å². The fourth-order valence-corrected chi connectivity index (χ4v) is 4.12. The lowest BCUT2D eigenvalue weighted by atomic mass is 10.3. The fourth-order valence-electron chi connectivity index (χ4n) is 1.33. The summed E-state index contributed by atoms with van der Waals surface area (Å²) >= 11 is 2.68. The molecule has 5 nitrogen and oxygen atoms in total. The van der Waals surface area contributed by atoms with E-state index in [-0.39, 0.29) is 10.6 Å². The zero-order valence-corrected chi connectivity index (χ0v) is 13.2. The fraction of sp³-hybridized carbons (Fsp3) is 0.545. The minimum absolute atomic E-state index is 0.149. The lowest BCUT2D eigenvalue weighted by molar-refractivity contribution is -0.136. The van der Waals surface area contributed by atoms with E-state index in [2.05, 4.69) is 4.72 Å². The van der Waals surface area contributed by atoms with Crippen molar-refractivity contribution in [3.05, 3.63) is 17.0 Å². The van der Waals surface area contributed by atoms with Crippen molar-refractivity contribution in [3.63, 3.8) is 0 Å². The largest absolute Gasteiger partial charge is 0.481 e. The number of nitrogens with one attached hydrogen (secondary N) is 1. The molecule has 8 heteroatoms. The molecule has 0 saturated heterocycles. The van der Waals surface area contributed by atoms with Crippen LogP contribution in [0.3, 0.4) is 0 Å². The molecule has 0 aliphatic carbocycles. The van der Waals surface area contributed by atoms with E-state index in [1.54, 1.807) is 11.8 Å². The van der Waals surface area contributed by atoms with Gasteiger partial charge in [0.1, 0.15) is 4.21 Å². The molecular formula is C11H17NO4S3. The molecule has 0 fully saturated rings. The standard InChI is InChI=1S/C11H17NO4S3/c1-8(17-2)5-6-12-19(15,16)11-4-3-9(18-11)7-10(13)14/h3-4,8,12H,5-7H2,1-2H3,(H,13,14). The summed E-state index contributed by atoms with van der Waals surface area (Å²) < 4.78 is 26.6. The number of thioether (sulfide) groups is 1. The van der Waals surface area contributed by atoms with Gasteiger partial charge in [-0.25, -0.2) is 13.1 Å². The van der Waals surface area contributed by atoms with Gasteiger partial charge in [0, 0.05) is 16.7 Å². The van der Waals surface area contributed by atoms with Gasteiger partial charge >= 0.3 is 5.97 Å². The third-order valence-corrected chi connectivity index (χ3v) is 6.55. The molecule has 1 rings (SSSR count). The number of hydrogen-bond acceptors (Lipinski definition) is 5. The Kier molecular flexibility index (Phi) is 6.31. The van der Waals surface area contributed by atoms with E-state index < -0.39 is 16.0 Å². The van der Waals surface area contributed by atoms with E-state index >= 15 is 0 Å². The highest BCUT2D eigenvalue weighted by atomic mass is 32.2. The number of carboxylic acid groups (broad SMARTS) is 1. The van der Waals surface area contributed by atoms with E-state index in [1.807, 2.05) is 13.2 Å². The van der Waals surface area contributed by atoms with Crippen LogP contribution in [0.2, 0.25) is 0 Å². The Hall–Kier alpha value is -0.570. The van der Waals surface area contributed by atoms with Gasteiger partial charge in [0.2, 0.25) is 10.0 Å². The van der Waals surface area contributed by atoms with Gasteiger partial charge in [0.25, 0.3) is 0 Å². The van der Waals surface area contributed by atoms with Crippen molar-refractivity contribution in [2.24, 2.45) is 0 Å². The van der Waals surface area contributed by atoms with Gasteiger partial charge in [-0.15, -0.1) is 11.3 Å². The van der Waals surface area contributed by atoms with E-state index in [0.717, 1.165) is 17.8 Å². The molecule has 0 bridgehead atoms. The first-order valence-corrected chi connectivity index (χ1v) is 9.27. The monoisotopic (exact) mass is 323 g/mol. The smallest absolute Gasteiger partial charge is 0.308 e. The van der Waals surface area contributed by atoms with Crippen molar-refractivity contribution in [2.45, 2.75) is 29.2 Å². The number of aliphatic carboxylic acids is 1. The summed E-state index contributed by atoms with van der Waals surface area (Å²) in [5, 5.41) is 9.04. The van der Waals surface area contributed by atoms with Gasteiger partial charge in [-0.3, -0.25) is 4.79 Å². The van der Waals surface area contributed by atoms with Crippen molar-refractivity contribution in [1.29, 1.82) is 0 Å². The van der Waals surface area contributed by atoms with Gasteiger partial charge in [-0.05, 0) is 24.8 Å². The molecule has 0 aliphatic heterocycles. The summed E-state index contributed by atoms with van der Waals surface area (Å²) in [6, 6.07) is 2.99. The van der Waals surface area contributed by atoms with Crippen molar-refractivity contribution >= 4 is 39.1 Å². The molecule has 0 amide bonds. The molecule has 0 aliphatic rings. The Morgan fingerprint density at radius 2 is 2.21 bits per heavy atom. The van der Waals surface area contributed by atoms with Crippen molar-refractivity contribution in [2.75, 3.05) is 12.8 Å². The lowest BCUT2D eigenvalue weighted by Crippen LogP contribution is -2.25. The Morgan fingerprint density at radius 1 is 1.53 bits per heavy atom. The lowest BCUT2D eigenvalue weighted by Gasteiger charge is -2.08. The van der Waals surface area contributed by atoms with Gasteiger partial charge in [-0.2, -0.15) is 11.8 Å². The second kappa shape index (κ2) is 7.28. The zero-order valence-electron chi connectivity index (χ0n) is 10.8. The minimum Gasteiger partial charge on any atom is -0.481 e. The van der Waals surface area contributed by atoms with Gasteiger partial charge in [-0.1, -0.05) is 6.92 Å². The molecule has 1 heterocycles. The SMILES string of the molecule is CSC(C)CCNS(=O)(=O)c1ccc(CC(=O)O)s1. The summed E-state index contributed by atoms with van der Waals surface area (Å²) in [4.78, 5) is 11.1. The molecule has 0 aromatic carbocycles. The van der Waals surface area contributed by atoms with Crippen molar-refractivity contribution < 1.29 is 18.3 Å². The van der Waals surface area contributed by atoms with Crippen LogP contribution in [0.1, 0.15) is 18.2 Å². The van der Waals surface area contributed by atoms with Crippen LogP contribution in [0.5, 0.6) is 0 Å². The Bertz CT molecular complexity index is 524. The maximum Gasteiger partial charge on any atom is 0.308 e. The molecule has 1 aromatic heterocycles. The third-order valence-electron chi connectivity index (χ3n) is 2.47. The molecule has 1 unspecified atom stereocenters. The number of rotatable bonds is 8. The topological polar surface area (TPSA) is 83.5 Å². The normalized spacial score (nSPS) is 13.4. The highest BCUT2D eigenvalue weighted by Gasteiger charge is 2.17.